The van der Waals surface area contributed by atoms with Gasteiger partial charge in [0.05, 0.1) is 12.6 Å². The SMILES string of the molecule is Cc1nc(C2CCCN2C(=O)CN2CCc3sccc3C2)no1. The van der Waals surface area contributed by atoms with Gasteiger partial charge in [-0.15, -0.1) is 11.3 Å². The average molecular weight is 332 g/mol. The van der Waals surface area contributed by atoms with Crippen LogP contribution in [0.2, 0.25) is 0 Å². The van der Waals surface area contributed by atoms with Crippen LogP contribution in [0, 0.1) is 6.92 Å². The number of carbonyl (C=O) groups excluding carboxylic acids is 1. The van der Waals surface area contributed by atoms with E-state index in [1.54, 1.807) is 6.92 Å². The number of hydrogen-bond donors (Lipinski definition) is 0. The van der Waals surface area contributed by atoms with Crippen molar-refractivity contribution in [3.63, 3.8) is 0 Å². The molecule has 1 amide bonds. The summed E-state index contributed by atoms with van der Waals surface area (Å²) in [6.45, 7) is 4.88. The van der Waals surface area contributed by atoms with Gasteiger partial charge in [-0.3, -0.25) is 9.69 Å². The van der Waals surface area contributed by atoms with Gasteiger partial charge in [0.1, 0.15) is 0 Å². The molecule has 1 atom stereocenters. The molecule has 23 heavy (non-hydrogen) atoms. The first kappa shape index (κ1) is 14.8. The molecule has 0 aliphatic carbocycles. The van der Waals surface area contributed by atoms with Crippen molar-refractivity contribution in [3.05, 3.63) is 33.6 Å². The number of amides is 1. The Morgan fingerprint density at radius 3 is 3.22 bits per heavy atom. The van der Waals surface area contributed by atoms with Gasteiger partial charge in [-0.05, 0) is 36.3 Å². The highest BCUT2D eigenvalue weighted by molar-refractivity contribution is 7.10. The van der Waals surface area contributed by atoms with E-state index < -0.39 is 0 Å². The minimum Gasteiger partial charge on any atom is -0.340 e. The first-order valence-corrected chi connectivity index (χ1v) is 8.96. The summed E-state index contributed by atoms with van der Waals surface area (Å²) in [6.07, 6.45) is 2.96. The summed E-state index contributed by atoms with van der Waals surface area (Å²) in [7, 11) is 0. The molecule has 2 aliphatic heterocycles. The van der Waals surface area contributed by atoms with E-state index in [4.69, 9.17) is 4.52 Å². The molecule has 0 aromatic carbocycles. The van der Waals surface area contributed by atoms with E-state index in [0.717, 1.165) is 38.9 Å². The van der Waals surface area contributed by atoms with E-state index in [1.807, 2.05) is 16.2 Å². The number of aryl methyl sites for hydroxylation is 1. The fraction of sp³-hybridized carbons (Fsp3) is 0.562. The van der Waals surface area contributed by atoms with Gasteiger partial charge in [0.15, 0.2) is 5.82 Å². The quantitative estimate of drug-likeness (QED) is 0.862. The second kappa shape index (κ2) is 6.05. The van der Waals surface area contributed by atoms with E-state index in [1.165, 1.54) is 10.4 Å². The van der Waals surface area contributed by atoms with Crippen molar-refractivity contribution in [2.75, 3.05) is 19.6 Å². The normalized spacial score (nSPS) is 21.6. The summed E-state index contributed by atoms with van der Waals surface area (Å²) in [6, 6.07) is 2.15. The second-order valence-electron chi connectivity index (χ2n) is 6.25. The molecular weight excluding hydrogens is 312 g/mol. The van der Waals surface area contributed by atoms with Gasteiger partial charge < -0.3 is 9.42 Å². The topological polar surface area (TPSA) is 62.5 Å². The Balaban J connectivity index is 1.42. The highest BCUT2D eigenvalue weighted by Crippen LogP contribution is 2.31. The van der Waals surface area contributed by atoms with Gasteiger partial charge in [-0.25, -0.2) is 0 Å². The largest absolute Gasteiger partial charge is 0.340 e. The molecular formula is C16H20N4O2S. The van der Waals surface area contributed by atoms with Crippen LogP contribution < -0.4 is 0 Å². The Labute approximate surface area is 139 Å². The lowest BCUT2D eigenvalue weighted by atomic mass is 10.1. The van der Waals surface area contributed by atoms with Crippen LogP contribution in [0.15, 0.2) is 16.0 Å². The minimum absolute atomic E-state index is 0.0264. The molecule has 1 unspecified atom stereocenters. The molecule has 7 heteroatoms. The summed E-state index contributed by atoms with van der Waals surface area (Å²) >= 11 is 1.82. The smallest absolute Gasteiger partial charge is 0.237 e. The Morgan fingerprint density at radius 2 is 2.39 bits per heavy atom. The van der Waals surface area contributed by atoms with Crippen molar-refractivity contribution >= 4 is 17.2 Å². The van der Waals surface area contributed by atoms with Crippen LogP contribution in [-0.4, -0.2) is 45.5 Å². The van der Waals surface area contributed by atoms with Gasteiger partial charge in [-0.2, -0.15) is 4.98 Å². The van der Waals surface area contributed by atoms with E-state index in [9.17, 15) is 4.79 Å². The molecule has 4 rings (SSSR count). The highest BCUT2D eigenvalue weighted by atomic mass is 32.1. The third-order valence-electron chi connectivity index (χ3n) is 4.66. The second-order valence-corrected chi connectivity index (χ2v) is 7.25. The zero-order chi connectivity index (χ0) is 15.8. The third-order valence-corrected chi connectivity index (χ3v) is 5.68. The Hall–Kier alpha value is -1.73. The molecule has 1 saturated heterocycles. The molecule has 2 aliphatic rings. The van der Waals surface area contributed by atoms with Crippen LogP contribution in [0.5, 0.6) is 0 Å². The molecule has 0 radical (unpaired) electrons. The van der Waals surface area contributed by atoms with Crippen molar-refractivity contribution in [2.24, 2.45) is 0 Å². The first-order chi connectivity index (χ1) is 11.2. The molecule has 0 saturated carbocycles. The summed E-state index contributed by atoms with van der Waals surface area (Å²) in [5, 5.41) is 6.15. The van der Waals surface area contributed by atoms with E-state index in [0.29, 0.717) is 18.3 Å². The van der Waals surface area contributed by atoms with Crippen molar-refractivity contribution in [2.45, 2.75) is 38.8 Å². The maximum atomic E-state index is 12.8. The molecule has 6 nitrogen and oxygen atoms in total. The number of likely N-dealkylation sites (tertiary alicyclic amines) is 1. The molecule has 122 valence electrons. The zero-order valence-electron chi connectivity index (χ0n) is 13.2. The molecule has 1 fully saturated rings. The molecule has 2 aromatic heterocycles. The number of nitrogens with zero attached hydrogens (tertiary/aromatic N) is 4. The lowest BCUT2D eigenvalue weighted by Gasteiger charge is -2.29. The molecule has 0 N–H and O–H groups in total. The third kappa shape index (κ3) is 2.90. The van der Waals surface area contributed by atoms with Gasteiger partial charge in [0.25, 0.3) is 0 Å². The number of thiophene rings is 1. The van der Waals surface area contributed by atoms with Crippen molar-refractivity contribution in [3.8, 4) is 0 Å². The number of rotatable bonds is 3. The summed E-state index contributed by atoms with van der Waals surface area (Å²) in [4.78, 5) is 22.7. The van der Waals surface area contributed by atoms with Crippen LogP contribution in [0.3, 0.4) is 0 Å². The number of hydrogen-bond acceptors (Lipinski definition) is 6. The fourth-order valence-electron chi connectivity index (χ4n) is 3.51. The van der Waals surface area contributed by atoms with Gasteiger partial charge in [0.2, 0.25) is 11.8 Å². The van der Waals surface area contributed by atoms with Crippen LogP contribution >= 0.6 is 11.3 Å². The van der Waals surface area contributed by atoms with Crippen LogP contribution in [0.4, 0.5) is 0 Å². The molecule has 0 spiro atoms. The van der Waals surface area contributed by atoms with E-state index >= 15 is 0 Å². The van der Waals surface area contributed by atoms with Crippen molar-refractivity contribution in [1.29, 1.82) is 0 Å². The van der Waals surface area contributed by atoms with Gasteiger partial charge in [-0.1, -0.05) is 5.16 Å². The van der Waals surface area contributed by atoms with Gasteiger partial charge in [0, 0.05) is 31.4 Å². The lowest BCUT2D eigenvalue weighted by molar-refractivity contribution is -0.133. The van der Waals surface area contributed by atoms with Gasteiger partial charge >= 0.3 is 0 Å². The number of carbonyl (C=O) groups is 1. The summed E-state index contributed by atoms with van der Waals surface area (Å²) in [5.74, 6) is 1.38. The zero-order valence-corrected chi connectivity index (χ0v) is 14.0. The van der Waals surface area contributed by atoms with E-state index in [-0.39, 0.29) is 11.9 Å². The number of fused-ring (bicyclic) bond motifs is 1. The Bertz CT molecular complexity index is 711. The summed E-state index contributed by atoms with van der Waals surface area (Å²) < 4.78 is 5.08. The lowest BCUT2D eigenvalue weighted by Crippen LogP contribution is -2.41. The maximum absolute atomic E-state index is 12.8. The minimum atomic E-state index is -0.0264. The van der Waals surface area contributed by atoms with Crippen LogP contribution in [0.25, 0.3) is 0 Å². The monoisotopic (exact) mass is 332 g/mol. The van der Waals surface area contributed by atoms with Crippen molar-refractivity contribution < 1.29 is 9.32 Å². The van der Waals surface area contributed by atoms with Crippen LogP contribution in [-0.2, 0) is 17.8 Å². The maximum Gasteiger partial charge on any atom is 0.237 e. The first-order valence-electron chi connectivity index (χ1n) is 8.08. The predicted octanol–water partition coefficient (Wildman–Crippen LogP) is 2.16. The number of aromatic nitrogens is 2. The molecule has 0 bridgehead atoms. The average Bonchev–Trinajstić information content (AvgIpc) is 3.26. The van der Waals surface area contributed by atoms with Crippen molar-refractivity contribution in [1.82, 2.24) is 19.9 Å². The Morgan fingerprint density at radius 1 is 1.48 bits per heavy atom. The molecule has 4 heterocycles. The standard InChI is InChI=1S/C16H20N4O2S/c1-11-17-16(18-22-11)13-3-2-6-20(13)15(21)10-19-7-4-14-12(9-19)5-8-23-14/h5,8,13H,2-4,6-7,9-10H2,1H3. The molecule has 2 aromatic rings. The highest BCUT2D eigenvalue weighted by Gasteiger charge is 2.34. The summed E-state index contributed by atoms with van der Waals surface area (Å²) in [5.41, 5.74) is 1.38. The fourth-order valence-corrected chi connectivity index (χ4v) is 4.40. The predicted molar refractivity (Wildman–Crippen MR) is 86.0 cm³/mol. The Kier molecular flexibility index (Phi) is 3.90. The van der Waals surface area contributed by atoms with E-state index in [2.05, 4.69) is 26.5 Å². The van der Waals surface area contributed by atoms with Crippen LogP contribution in [0.1, 0.15) is 41.0 Å².